The minimum Gasteiger partial charge on any atom is -0.387 e. The Morgan fingerprint density at radius 2 is 2.44 bits per heavy atom. The molecule has 1 atom stereocenters. The van der Waals surface area contributed by atoms with Crippen LogP contribution in [0.4, 0.5) is 4.39 Å². The molecule has 0 bridgehead atoms. The third-order valence-electron chi connectivity index (χ3n) is 0.782. The fraction of sp³-hybridized carbons (Fsp3) is 0.800. The van der Waals surface area contributed by atoms with E-state index in [-0.39, 0.29) is 0 Å². The molecular formula is C5H10FNO2. The molecule has 1 amide bonds. The van der Waals surface area contributed by atoms with Crippen LogP contribution in [0.2, 0.25) is 0 Å². The fourth-order valence-corrected chi connectivity index (χ4v) is 0.359. The van der Waals surface area contributed by atoms with Crippen LogP contribution >= 0.6 is 0 Å². The summed E-state index contributed by atoms with van der Waals surface area (Å²) in [6.07, 6.45) is 0. The van der Waals surface area contributed by atoms with Gasteiger partial charge in [-0.3, -0.25) is 4.79 Å². The molecule has 0 aromatic carbocycles. The van der Waals surface area contributed by atoms with E-state index in [2.05, 4.69) is 5.32 Å². The second-order valence-corrected chi connectivity index (χ2v) is 1.78. The van der Waals surface area contributed by atoms with Crippen molar-refractivity contribution in [1.29, 1.82) is 0 Å². The topological polar surface area (TPSA) is 49.3 Å². The zero-order valence-electron chi connectivity index (χ0n) is 5.22. The number of aliphatic hydroxyl groups is 1. The van der Waals surface area contributed by atoms with Crippen LogP contribution in [0.3, 0.4) is 0 Å². The first kappa shape index (κ1) is 8.36. The van der Waals surface area contributed by atoms with Crippen molar-refractivity contribution in [1.82, 2.24) is 5.32 Å². The van der Waals surface area contributed by atoms with Crippen molar-refractivity contribution < 1.29 is 14.3 Å². The van der Waals surface area contributed by atoms with Gasteiger partial charge in [-0.15, -0.1) is 0 Å². The molecule has 0 saturated heterocycles. The SMILES string of the molecule is CC(CF)NC(=O)CO. The number of halogens is 1. The molecule has 0 aliphatic carbocycles. The predicted molar refractivity (Wildman–Crippen MR) is 30.7 cm³/mol. The number of hydrogen-bond acceptors (Lipinski definition) is 2. The predicted octanol–water partition coefficient (Wildman–Crippen LogP) is -0.547. The minimum absolute atomic E-state index is 0.496. The summed E-state index contributed by atoms with van der Waals surface area (Å²) in [5.41, 5.74) is 0. The number of carbonyl (C=O) groups excluding carboxylic acids is 1. The average molecular weight is 135 g/mol. The molecule has 0 heterocycles. The maximum atomic E-state index is 11.6. The Labute approximate surface area is 52.9 Å². The Bertz CT molecular complexity index is 97.0. The standard InChI is InChI=1S/C5H10FNO2/c1-4(2-6)7-5(9)3-8/h4,8H,2-3H2,1H3,(H,7,9). The van der Waals surface area contributed by atoms with Gasteiger partial charge in [0.25, 0.3) is 0 Å². The lowest BCUT2D eigenvalue weighted by Gasteiger charge is -2.06. The molecule has 0 aromatic rings. The normalized spacial score (nSPS) is 12.8. The van der Waals surface area contributed by atoms with Gasteiger partial charge >= 0.3 is 0 Å². The van der Waals surface area contributed by atoms with Gasteiger partial charge in [0.05, 0.1) is 6.04 Å². The molecule has 9 heavy (non-hydrogen) atoms. The molecule has 54 valence electrons. The van der Waals surface area contributed by atoms with E-state index in [1.165, 1.54) is 6.92 Å². The van der Waals surface area contributed by atoms with Gasteiger partial charge in [0.2, 0.25) is 5.91 Å². The Kier molecular flexibility index (Phi) is 3.96. The Morgan fingerprint density at radius 3 is 2.78 bits per heavy atom. The van der Waals surface area contributed by atoms with E-state index in [4.69, 9.17) is 5.11 Å². The summed E-state index contributed by atoms with van der Waals surface area (Å²) in [6, 6.07) is -0.496. The molecule has 0 fully saturated rings. The molecule has 1 unspecified atom stereocenters. The molecule has 0 rings (SSSR count). The molecule has 0 aromatic heterocycles. The molecule has 0 aliphatic heterocycles. The van der Waals surface area contributed by atoms with Crippen LogP contribution in [0.1, 0.15) is 6.92 Å². The highest BCUT2D eigenvalue weighted by atomic mass is 19.1. The first-order valence-corrected chi connectivity index (χ1v) is 2.67. The molecule has 0 spiro atoms. The van der Waals surface area contributed by atoms with Gasteiger partial charge in [0.1, 0.15) is 13.3 Å². The third-order valence-corrected chi connectivity index (χ3v) is 0.782. The van der Waals surface area contributed by atoms with Crippen LogP contribution < -0.4 is 5.32 Å². The van der Waals surface area contributed by atoms with E-state index in [1.807, 2.05) is 0 Å². The minimum atomic E-state index is -0.605. The smallest absolute Gasteiger partial charge is 0.246 e. The van der Waals surface area contributed by atoms with E-state index in [0.29, 0.717) is 0 Å². The lowest BCUT2D eigenvalue weighted by atomic mass is 10.4. The van der Waals surface area contributed by atoms with Crippen LogP contribution in [0, 0.1) is 0 Å². The van der Waals surface area contributed by atoms with Crippen molar-refractivity contribution >= 4 is 5.91 Å². The van der Waals surface area contributed by atoms with Crippen LogP contribution in [0.5, 0.6) is 0 Å². The highest BCUT2D eigenvalue weighted by molar-refractivity contribution is 5.77. The summed E-state index contributed by atoms with van der Waals surface area (Å²) in [5.74, 6) is -0.542. The lowest BCUT2D eigenvalue weighted by molar-refractivity contribution is -0.124. The van der Waals surface area contributed by atoms with E-state index in [9.17, 15) is 9.18 Å². The number of amides is 1. The fourth-order valence-electron chi connectivity index (χ4n) is 0.359. The van der Waals surface area contributed by atoms with Crippen LogP contribution in [0.25, 0.3) is 0 Å². The van der Waals surface area contributed by atoms with Crippen molar-refractivity contribution in [3.8, 4) is 0 Å². The van der Waals surface area contributed by atoms with Crippen molar-refractivity contribution in [2.24, 2.45) is 0 Å². The van der Waals surface area contributed by atoms with E-state index in [1.54, 1.807) is 0 Å². The van der Waals surface area contributed by atoms with Gasteiger partial charge in [-0.1, -0.05) is 0 Å². The molecular weight excluding hydrogens is 125 g/mol. The molecule has 0 radical (unpaired) electrons. The zero-order chi connectivity index (χ0) is 7.28. The number of aliphatic hydroxyl groups excluding tert-OH is 1. The van der Waals surface area contributed by atoms with Crippen LogP contribution in [0.15, 0.2) is 0 Å². The van der Waals surface area contributed by atoms with Crippen molar-refractivity contribution in [2.75, 3.05) is 13.3 Å². The molecule has 4 heteroatoms. The molecule has 0 aliphatic rings. The maximum absolute atomic E-state index is 11.6. The van der Waals surface area contributed by atoms with Gasteiger partial charge in [-0.05, 0) is 6.92 Å². The van der Waals surface area contributed by atoms with Crippen molar-refractivity contribution in [3.63, 3.8) is 0 Å². The summed E-state index contributed by atoms with van der Waals surface area (Å²) in [4.78, 5) is 10.3. The Balaban J connectivity index is 3.34. The van der Waals surface area contributed by atoms with Crippen molar-refractivity contribution in [3.05, 3.63) is 0 Å². The highest BCUT2D eigenvalue weighted by Gasteiger charge is 2.03. The first-order chi connectivity index (χ1) is 4.20. The molecule has 0 saturated carbocycles. The number of nitrogens with one attached hydrogen (secondary N) is 1. The quantitative estimate of drug-likeness (QED) is 0.545. The van der Waals surface area contributed by atoms with E-state index in [0.717, 1.165) is 0 Å². The van der Waals surface area contributed by atoms with Gasteiger partial charge in [-0.25, -0.2) is 4.39 Å². The summed E-state index contributed by atoms with van der Waals surface area (Å²) in [7, 11) is 0. The number of alkyl halides is 1. The Hall–Kier alpha value is -0.640. The third kappa shape index (κ3) is 3.90. The summed E-state index contributed by atoms with van der Waals surface area (Å²) < 4.78 is 11.6. The van der Waals surface area contributed by atoms with Gasteiger partial charge in [0.15, 0.2) is 0 Å². The van der Waals surface area contributed by atoms with Crippen LogP contribution in [-0.2, 0) is 4.79 Å². The lowest BCUT2D eigenvalue weighted by Crippen LogP contribution is -2.35. The van der Waals surface area contributed by atoms with E-state index >= 15 is 0 Å². The zero-order valence-corrected chi connectivity index (χ0v) is 5.22. The maximum Gasteiger partial charge on any atom is 0.246 e. The monoisotopic (exact) mass is 135 g/mol. The number of hydrogen-bond donors (Lipinski definition) is 2. The molecule has 3 nitrogen and oxygen atoms in total. The summed E-state index contributed by atoms with van der Waals surface area (Å²) in [5, 5.41) is 10.4. The highest BCUT2D eigenvalue weighted by Crippen LogP contribution is 1.80. The van der Waals surface area contributed by atoms with Gasteiger partial charge in [-0.2, -0.15) is 0 Å². The second-order valence-electron chi connectivity index (χ2n) is 1.78. The van der Waals surface area contributed by atoms with Crippen molar-refractivity contribution in [2.45, 2.75) is 13.0 Å². The molecule has 2 N–H and O–H groups in total. The van der Waals surface area contributed by atoms with Gasteiger partial charge < -0.3 is 10.4 Å². The second kappa shape index (κ2) is 4.26. The first-order valence-electron chi connectivity index (χ1n) is 2.67. The van der Waals surface area contributed by atoms with Crippen LogP contribution in [-0.4, -0.2) is 30.3 Å². The van der Waals surface area contributed by atoms with Gasteiger partial charge in [0, 0.05) is 0 Å². The van der Waals surface area contributed by atoms with E-state index < -0.39 is 25.2 Å². The summed E-state index contributed by atoms with van der Waals surface area (Å²) >= 11 is 0. The number of rotatable bonds is 3. The largest absolute Gasteiger partial charge is 0.387 e. The average Bonchev–Trinajstić information content (AvgIpc) is 1.87. The number of carbonyl (C=O) groups is 1. The Morgan fingerprint density at radius 1 is 1.89 bits per heavy atom. The summed E-state index contributed by atoms with van der Waals surface area (Å²) in [6.45, 7) is 0.337.